The van der Waals surface area contributed by atoms with E-state index >= 15 is 0 Å². The minimum Gasteiger partial charge on any atom is -0.374 e. The van der Waals surface area contributed by atoms with Crippen LogP contribution in [0.4, 0.5) is 0 Å². The highest BCUT2D eigenvalue weighted by molar-refractivity contribution is 5.47. The highest BCUT2D eigenvalue weighted by Gasteiger charge is 2.38. The SMILES string of the molecule is C=CCCCCO[C@@H](COCc1ccccc1)COC(c1ccccc1)(c1ccccc1)c1ccccc1. The van der Waals surface area contributed by atoms with Crippen LogP contribution >= 0.6 is 0 Å². The fourth-order valence-corrected chi connectivity index (χ4v) is 4.65. The van der Waals surface area contributed by atoms with E-state index in [1.807, 2.05) is 42.5 Å². The molecule has 0 aliphatic rings. The molecule has 0 bridgehead atoms. The maximum atomic E-state index is 7.01. The lowest BCUT2D eigenvalue weighted by Crippen LogP contribution is -2.37. The Labute approximate surface area is 227 Å². The van der Waals surface area contributed by atoms with Gasteiger partial charge in [-0.2, -0.15) is 0 Å². The molecule has 0 spiro atoms. The molecule has 1 atom stereocenters. The smallest absolute Gasteiger partial charge is 0.143 e. The van der Waals surface area contributed by atoms with Crippen LogP contribution in [0, 0.1) is 0 Å². The van der Waals surface area contributed by atoms with Crippen molar-refractivity contribution in [3.8, 4) is 0 Å². The Morgan fingerprint density at radius 3 is 1.63 bits per heavy atom. The first-order chi connectivity index (χ1) is 18.8. The molecule has 0 aliphatic carbocycles. The summed E-state index contributed by atoms with van der Waals surface area (Å²) in [5, 5.41) is 0. The van der Waals surface area contributed by atoms with E-state index < -0.39 is 5.60 Å². The van der Waals surface area contributed by atoms with Crippen molar-refractivity contribution < 1.29 is 14.2 Å². The summed E-state index contributed by atoms with van der Waals surface area (Å²) < 4.78 is 19.5. The number of hydrogen-bond donors (Lipinski definition) is 0. The molecular formula is C35H38O3. The van der Waals surface area contributed by atoms with Crippen LogP contribution in [0.1, 0.15) is 41.5 Å². The van der Waals surface area contributed by atoms with Crippen molar-refractivity contribution >= 4 is 0 Å². The molecule has 38 heavy (non-hydrogen) atoms. The molecule has 0 aromatic heterocycles. The summed E-state index contributed by atoms with van der Waals surface area (Å²) >= 11 is 0. The lowest BCUT2D eigenvalue weighted by atomic mass is 9.80. The highest BCUT2D eigenvalue weighted by Crippen LogP contribution is 2.40. The average Bonchev–Trinajstić information content (AvgIpc) is 2.99. The first-order valence-corrected chi connectivity index (χ1v) is 13.5. The summed E-state index contributed by atoms with van der Waals surface area (Å²) in [6, 6.07) is 41.6. The van der Waals surface area contributed by atoms with E-state index in [4.69, 9.17) is 14.2 Å². The fourth-order valence-electron chi connectivity index (χ4n) is 4.65. The molecule has 0 heterocycles. The van der Waals surface area contributed by atoms with E-state index in [9.17, 15) is 0 Å². The molecule has 0 fully saturated rings. The normalized spacial score (nSPS) is 12.2. The zero-order chi connectivity index (χ0) is 26.3. The van der Waals surface area contributed by atoms with E-state index in [2.05, 4.69) is 91.5 Å². The van der Waals surface area contributed by atoms with Gasteiger partial charge in [-0.25, -0.2) is 0 Å². The fraction of sp³-hybridized carbons (Fsp3) is 0.257. The van der Waals surface area contributed by atoms with Crippen LogP contribution in [0.3, 0.4) is 0 Å². The third kappa shape index (κ3) is 7.52. The average molecular weight is 507 g/mol. The van der Waals surface area contributed by atoms with Gasteiger partial charge < -0.3 is 14.2 Å². The minimum absolute atomic E-state index is 0.210. The summed E-state index contributed by atoms with van der Waals surface area (Å²) in [4.78, 5) is 0. The van der Waals surface area contributed by atoms with Gasteiger partial charge in [0.1, 0.15) is 11.7 Å². The van der Waals surface area contributed by atoms with Crippen LogP contribution in [0.2, 0.25) is 0 Å². The summed E-state index contributed by atoms with van der Waals surface area (Å²) in [5.41, 5.74) is 3.59. The quantitative estimate of drug-likeness (QED) is 0.0876. The van der Waals surface area contributed by atoms with Crippen LogP contribution in [0.5, 0.6) is 0 Å². The molecule has 4 aromatic carbocycles. The van der Waals surface area contributed by atoms with Gasteiger partial charge in [0.05, 0.1) is 19.8 Å². The molecule has 3 nitrogen and oxygen atoms in total. The summed E-state index contributed by atoms with van der Waals surface area (Å²) in [5.74, 6) is 0. The van der Waals surface area contributed by atoms with Crippen molar-refractivity contribution in [3.63, 3.8) is 0 Å². The maximum absolute atomic E-state index is 7.01. The van der Waals surface area contributed by atoms with Gasteiger partial charge in [0, 0.05) is 6.61 Å². The number of allylic oxidation sites excluding steroid dienone is 1. The molecule has 0 unspecified atom stereocenters. The Morgan fingerprint density at radius 2 is 1.13 bits per heavy atom. The third-order valence-corrected chi connectivity index (χ3v) is 6.60. The van der Waals surface area contributed by atoms with E-state index in [-0.39, 0.29) is 6.10 Å². The van der Waals surface area contributed by atoms with Gasteiger partial charge >= 0.3 is 0 Å². The zero-order valence-corrected chi connectivity index (χ0v) is 22.1. The maximum Gasteiger partial charge on any atom is 0.143 e. The molecule has 0 aliphatic heterocycles. The topological polar surface area (TPSA) is 27.7 Å². The molecule has 0 amide bonds. The molecular weight excluding hydrogens is 468 g/mol. The lowest BCUT2D eigenvalue weighted by Gasteiger charge is -2.37. The van der Waals surface area contributed by atoms with Crippen molar-refractivity contribution in [2.24, 2.45) is 0 Å². The summed E-state index contributed by atoms with van der Waals surface area (Å²) in [7, 11) is 0. The van der Waals surface area contributed by atoms with Crippen molar-refractivity contribution in [2.75, 3.05) is 19.8 Å². The Balaban J connectivity index is 1.59. The summed E-state index contributed by atoms with van der Waals surface area (Å²) in [6.45, 7) is 5.86. The van der Waals surface area contributed by atoms with Gasteiger partial charge in [0.25, 0.3) is 0 Å². The number of benzene rings is 4. The zero-order valence-electron chi connectivity index (χ0n) is 22.1. The van der Waals surface area contributed by atoms with Gasteiger partial charge in [0.2, 0.25) is 0 Å². The second kappa shape index (κ2) is 15.0. The summed E-state index contributed by atoms with van der Waals surface area (Å²) in [6.07, 6.45) is 4.77. The van der Waals surface area contributed by atoms with Gasteiger partial charge in [-0.1, -0.05) is 127 Å². The van der Waals surface area contributed by atoms with Crippen LogP contribution in [0.15, 0.2) is 134 Å². The van der Waals surface area contributed by atoms with Crippen LogP contribution in [0.25, 0.3) is 0 Å². The Morgan fingerprint density at radius 1 is 0.632 bits per heavy atom. The lowest BCUT2D eigenvalue weighted by molar-refractivity contribution is -0.0942. The molecule has 4 aromatic rings. The second-order valence-corrected chi connectivity index (χ2v) is 9.37. The van der Waals surface area contributed by atoms with Gasteiger partial charge in [-0.3, -0.25) is 0 Å². The van der Waals surface area contributed by atoms with E-state index in [1.54, 1.807) is 0 Å². The Kier molecular flexibility index (Phi) is 10.9. The first kappa shape index (κ1) is 27.5. The van der Waals surface area contributed by atoms with Crippen LogP contribution in [-0.4, -0.2) is 25.9 Å². The van der Waals surface area contributed by atoms with Crippen molar-refractivity contribution in [3.05, 3.63) is 156 Å². The molecule has 3 heteroatoms. The van der Waals surface area contributed by atoms with Gasteiger partial charge in [-0.05, 0) is 41.5 Å². The van der Waals surface area contributed by atoms with E-state index in [0.717, 1.165) is 41.5 Å². The number of unbranched alkanes of at least 4 members (excludes halogenated alkanes) is 2. The van der Waals surface area contributed by atoms with Gasteiger partial charge in [-0.15, -0.1) is 6.58 Å². The first-order valence-electron chi connectivity index (χ1n) is 13.5. The molecule has 0 N–H and O–H groups in total. The van der Waals surface area contributed by atoms with Crippen LogP contribution in [-0.2, 0) is 26.4 Å². The molecule has 0 radical (unpaired) electrons. The van der Waals surface area contributed by atoms with E-state index in [0.29, 0.717) is 26.4 Å². The predicted octanol–water partition coefficient (Wildman–Crippen LogP) is 7.95. The van der Waals surface area contributed by atoms with Crippen molar-refractivity contribution in [1.82, 2.24) is 0 Å². The molecule has 4 rings (SSSR count). The van der Waals surface area contributed by atoms with Crippen LogP contribution < -0.4 is 0 Å². The number of hydrogen-bond acceptors (Lipinski definition) is 3. The van der Waals surface area contributed by atoms with Crippen molar-refractivity contribution in [1.29, 1.82) is 0 Å². The molecule has 0 saturated heterocycles. The third-order valence-electron chi connectivity index (χ3n) is 6.60. The monoisotopic (exact) mass is 506 g/mol. The number of ether oxygens (including phenoxy) is 3. The van der Waals surface area contributed by atoms with Crippen molar-refractivity contribution in [2.45, 2.75) is 37.6 Å². The standard InChI is InChI=1S/C35H38O3/c1-2-3-4-17-26-37-34(28-36-27-30-18-9-5-10-19-30)29-38-35(31-20-11-6-12-21-31,32-22-13-7-14-23-32)33-24-15-8-16-25-33/h2,5-16,18-25,34H,1,3-4,17,26-29H2/t34-/m0/s1. The molecule has 196 valence electrons. The van der Waals surface area contributed by atoms with Gasteiger partial charge in [0.15, 0.2) is 0 Å². The molecule has 0 saturated carbocycles. The van der Waals surface area contributed by atoms with E-state index in [1.165, 1.54) is 0 Å². The number of rotatable bonds is 16. The predicted molar refractivity (Wildman–Crippen MR) is 155 cm³/mol. The Hall–Kier alpha value is -3.50. The largest absolute Gasteiger partial charge is 0.374 e. The second-order valence-electron chi connectivity index (χ2n) is 9.37. The highest BCUT2D eigenvalue weighted by atomic mass is 16.6. The Bertz CT molecular complexity index is 1080. The minimum atomic E-state index is -0.784.